The molecule has 0 bridgehead atoms. The fraction of sp³-hybridized carbons (Fsp3) is 0.263. The summed E-state index contributed by atoms with van der Waals surface area (Å²) in [6, 6.07) is 16.7. The molecule has 0 spiro atoms. The smallest absolute Gasteiger partial charge is 0.234 e. The number of hydrogen-bond acceptors (Lipinski definition) is 5. The van der Waals surface area contributed by atoms with Crippen LogP contribution in [0.3, 0.4) is 0 Å². The topological polar surface area (TPSA) is 80.6 Å². The lowest BCUT2D eigenvalue weighted by Crippen LogP contribution is -2.22. The van der Waals surface area contributed by atoms with E-state index in [9.17, 15) is 4.79 Å². The Hall–Kier alpha value is -3.20. The van der Waals surface area contributed by atoms with Crippen molar-refractivity contribution in [1.82, 2.24) is 5.32 Å². The lowest BCUT2D eigenvalue weighted by Gasteiger charge is -2.15. The Bertz CT molecular complexity index is 726. The first-order valence-electron chi connectivity index (χ1n) is 7.84. The van der Waals surface area contributed by atoms with Gasteiger partial charge in [-0.05, 0) is 18.2 Å². The molecule has 6 heteroatoms. The van der Waals surface area contributed by atoms with E-state index in [1.807, 2.05) is 48.5 Å². The van der Waals surface area contributed by atoms with Crippen LogP contribution >= 0.6 is 0 Å². The predicted octanol–water partition coefficient (Wildman–Crippen LogP) is 2.68. The quantitative estimate of drug-likeness (QED) is 0.710. The molecule has 2 aromatic rings. The van der Waals surface area contributed by atoms with E-state index in [0.717, 1.165) is 11.3 Å². The van der Waals surface area contributed by atoms with Gasteiger partial charge in [-0.15, -0.1) is 0 Å². The molecule has 130 valence electrons. The summed E-state index contributed by atoms with van der Waals surface area (Å²) in [4.78, 5) is 11.5. The second-order valence-corrected chi connectivity index (χ2v) is 5.07. The lowest BCUT2D eigenvalue weighted by molar-refractivity contribution is -0.120. The van der Waals surface area contributed by atoms with Crippen LogP contribution in [0.2, 0.25) is 0 Å². The molecule has 0 saturated carbocycles. The fourth-order valence-electron chi connectivity index (χ4n) is 2.17. The number of nitrogens with one attached hydrogen (secondary N) is 1. The highest BCUT2D eigenvalue weighted by atomic mass is 16.5. The molecule has 25 heavy (non-hydrogen) atoms. The number of ether oxygens (including phenoxy) is 3. The maximum atomic E-state index is 11.5. The summed E-state index contributed by atoms with van der Waals surface area (Å²) in [5.41, 5.74) is 0.769. The van der Waals surface area contributed by atoms with Crippen molar-refractivity contribution in [2.45, 2.75) is 13.0 Å². The molecule has 0 saturated heterocycles. The van der Waals surface area contributed by atoms with Gasteiger partial charge in [0.2, 0.25) is 5.91 Å². The van der Waals surface area contributed by atoms with Crippen LogP contribution in [0.5, 0.6) is 17.2 Å². The van der Waals surface area contributed by atoms with Crippen LogP contribution in [0.1, 0.15) is 12.0 Å². The summed E-state index contributed by atoms with van der Waals surface area (Å²) in [6.07, 6.45) is -0.176. The van der Waals surface area contributed by atoms with Crippen molar-refractivity contribution in [3.8, 4) is 23.3 Å². The molecule has 2 rings (SSSR count). The molecule has 0 atom stereocenters. The summed E-state index contributed by atoms with van der Waals surface area (Å²) >= 11 is 0. The minimum absolute atomic E-state index is 0.176. The maximum Gasteiger partial charge on any atom is 0.234 e. The molecule has 0 aliphatic carbocycles. The number of carbonyl (C=O) groups is 1. The lowest BCUT2D eigenvalue weighted by atomic mass is 10.2. The van der Waals surface area contributed by atoms with Crippen LogP contribution in [-0.2, 0) is 11.3 Å². The second-order valence-electron chi connectivity index (χ2n) is 5.07. The average Bonchev–Trinajstić information content (AvgIpc) is 2.65. The zero-order valence-electron chi connectivity index (χ0n) is 14.0. The summed E-state index contributed by atoms with van der Waals surface area (Å²) in [5.74, 6) is 1.57. The molecule has 0 aliphatic rings. The number of benzene rings is 2. The van der Waals surface area contributed by atoms with Gasteiger partial charge >= 0.3 is 0 Å². The molecular weight excluding hydrogens is 320 g/mol. The van der Waals surface area contributed by atoms with Crippen molar-refractivity contribution in [3.05, 3.63) is 54.1 Å². The second kappa shape index (κ2) is 9.83. The highest BCUT2D eigenvalue weighted by Crippen LogP contribution is 2.31. The van der Waals surface area contributed by atoms with Crippen LogP contribution in [0.4, 0.5) is 0 Å². The Morgan fingerprint density at radius 2 is 1.84 bits per heavy atom. The molecule has 0 heterocycles. The normalized spacial score (nSPS) is 9.76. The van der Waals surface area contributed by atoms with Gasteiger partial charge in [0.15, 0.2) is 11.5 Å². The first kappa shape index (κ1) is 18.1. The maximum absolute atomic E-state index is 11.5. The van der Waals surface area contributed by atoms with Crippen LogP contribution in [0, 0.1) is 11.3 Å². The summed E-state index contributed by atoms with van der Waals surface area (Å²) in [5, 5.41) is 11.2. The van der Waals surface area contributed by atoms with E-state index in [1.165, 1.54) is 0 Å². The van der Waals surface area contributed by atoms with Gasteiger partial charge in [0, 0.05) is 12.1 Å². The summed E-state index contributed by atoms with van der Waals surface area (Å²) in [7, 11) is 1.56. The molecule has 0 radical (unpaired) electrons. The Labute approximate surface area is 146 Å². The monoisotopic (exact) mass is 340 g/mol. The van der Waals surface area contributed by atoms with Crippen molar-refractivity contribution >= 4 is 5.91 Å². The van der Waals surface area contributed by atoms with Crippen LogP contribution in [-0.4, -0.2) is 26.2 Å². The fourth-order valence-corrected chi connectivity index (χ4v) is 2.17. The molecule has 0 unspecified atom stereocenters. The molecular formula is C19H20N2O4. The number of amides is 1. The highest BCUT2D eigenvalue weighted by Gasteiger charge is 2.12. The standard InChI is InChI=1S/C19H20N2O4/c1-23-17-9-5-6-15(14-21-18(22)10-11-20)19(17)25-13-12-24-16-7-3-2-4-8-16/h2-9H,10,12-14H2,1H3,(H,21,22). The van der Waals surface area contributed by atoms with E-state index in [0.29, 0.717) is 24.7 Å². The molecule has 2 aromatic carbocycles. The number of carbonyl (C=O) groups excluding carboxylic acids is 1. The number of rotatable bonds is 9. The van der Waals surface area contributed by atoms with E-state index < -0.39 is 0 Å². The van der Waals surface area contributed by atoms with Crippen LogP contribution in [0.25, 0.3) is 0 Å². The molecule has 1 N–H and O–H groups in total. The number of methoxy groups -OCH3 is 1. The van der Waals surface area contributed by atoms with Gasteiger partial charge in [0.1, 0.15) is 25.4 Å². The Morgan fingerprint density at radius 1 is 1.08 bits per heavy atom. The average molecular weight is 340 g/mol. The van der Waals surface area contributed by atoms with E-state index in [2.05, 4.69) is 5.32 Å². The Kier molecular flexibility index (Phi) is 7.13. The molecule has 0 fully saturated rings. The van der Waals surface area contributed by atoms with Gasteiger partial charge in [-0.1, -0.05) is 30.3 Å². The molecule has 1 amide bonds. The minimum atomic E-state index is -0.330. The highest BCUT2D eigenvalue weighted by molar-refractivity contribution is 5.78. The molecule has 0 aromatic heterocycles. The number of para-hydroxylation sites is 2. The van der Waals surface area contributed by atoms with E-state index in [-0.39, 0.29) is 18.9 Å². The van der Waals surface area contributed by atoms with Gasteiger partial charge in [-0.3, -0.25) is 4.79 Å². The van der Waals surface area contributed by atoms with Crippen LogP contribution < -0.4 is 19.5 Å². The number of nitriles is 1. The van der Waals surface area contributed by atoms with Crippen LogP contribution in [0.15, 0.2) is 48.5 Å². The Morgan fingerprint density at radius 3 is 2.56 bits per heavy atom. The molecule has 6 nitrogen and oxygen atoms in total. The number of nitrogens with zero attached hydrogens (tertiary/aromatic N) is 1. The minimum Gasteiger partial charge on any atom is -0.493 e. The zero-order chi connectivity index (χ0) is 17.9. The van der Waals surface area contributed by atoms with Crippen molar-refractivity contribution in [2.75, 3.05) is 20.3 Å². The van der Waals surface area contributed by atoms with E-state index in [1.54, 1.807) is 13.2 Å². The number of hydrogen-bond donors (Lipinski definition) is 1. The third-order valence-corrected chi connectivity index (χ3v) is 3.34. The Balaban J connectivity index is 1.95. The van der Waals surface area contributed by atoms with Crippen molar-refractivity contribution in [1.29, 1.82) is 5.26 Å². The summed E-state index contributed by atoms with van der Waals surface area (Å²) in [6.45, 7) is 0.962. The largest absolute Gasteiger partial charge is 0.493 e. The van der Waals surface area contributed by atoms with Gasteiger partial charge in [0.05, 0.1) is 13.2 Å². The van der Waals surface area contributed by atoms with Crippen molar-refractivity contribution < 1.29 is 19.0 Å². The van der Waals surface area contributed by atoms with Crippen molar-refractivity contribution in [3.63, 3.8) is 0 Å². The zero-order valence-corrected chi connectivity index (χ0v) is 14.0. The van der Waals surface area contributed by atoms with Gasteiger partial charge in [-0.2, -0.15) is 5.26 Å². The van der Waals surface area contributed by atoms with E-state index >= 15 is 0 Å². The SMILES string of the molecule is COc1cccc(CNC(=O)CC#N)c1OCCOc1ccccc1. The third-order valence-electron chi connectivity index (χ3n) is 3.34. The molecule has 0 aliphatic heterocycles. The van der Waals surface area contributed by atoms with E-state index in [4.69, 9.17) is 19.5 Å². The van der Waals surface area contributed by atoms with Crippen molar-refractivity contribution in [2.24, 2.45) is 0 Å². The summed E-state index contributed by atoms with van der Waals surface area (Å²) < 4.78 is 16.7. The van der Waals surface area contributed by atoms with Gasteiger partial charge in [-0.25, -0.2) is 0 Å². The first-order chi connectivity index (χ1) is 12.2. The van der Waals surface area contributed by atoms with Gasteiger partial charge < -0.3 is 19.5 Å². The first-order valence-corrected chi connectivity index (χ1v) is 7.84. The predicted molar refractivity (Wildman–Crippen MR) is 92.5 cm³/mol. The third kappa shape index (κ3) is 5.74. The van der Waals surface area contributed by atoms with Gasteiger partial charge in [0.25, 0.3) is 0 Å².